The molecule has 1 amide bonds. The van der Waals surface area contributed by atoms with Crippen molar-refractivity contribution in [1.29, 1.82) is 0 Å². The first-order valence-electron chi connectivity index (χ1n) is 3.94. The molecule has 0 saturated carbocycles. The molecule has 0 bridgehead atoms. The number of benzene rings is 1. The fraction of sp³-hybridized carbons (Fsp3) is 0. The van der Waals surface area contributed by atoms with Crippen LogP contribution in [-0.2, 0) is 4.79 Å². The Morgan fingerprint density at radius 2 is 2.00 bits per heavy atom. The summed E-state index contributed by atoms with van der Waals surface area (Å²) < 4.78 is 13.4. The van der Waals surface area contributed by atoms with Crippen LogP contribution in [0.5, 0.6) is 0 Å². The zero-order chi connectivity index (χ0) is 11.2. The van der Waals surface area contributed by atoms with E-state index in [2.05, 4.69) is 0 Å². The monoisotopic (exact) mass is 209 g/mol. The third-order valence-electron chi connectivity index (χ3n) is 2.06. The van der Waals surface area contributed by atoms with Gasteiger partial charge in [0.2, 0.25) is 0 Å². The van der Waals surface area contributed by atoms with Crippen molar-refractivity contribution < 1.29 is 23.9 Å². The zero-order valence-electron chi connectivity index (χ0n) is 7.20. The number of carbonyl (C=O) groups is 3. The van der Waals surface area contributed by atoms with Crippen molar-refractivity contribution in [2.75, 3.05) is 5.32 Å². The van der Waals surface area contributed by atoms with E-state index in [1.54, 1.807) is 0 Å². The fourth-order valence-electron chi connectivity index (χ4n) is 1.35. The van der Waals surface area contributed by atoms with E-state index < -0.39 is 29.0 Å². The van der Waals surface area contributed by atoms with Gasteiger partial charge < -0.3 is 10.4 Å². The number of carboxylic acid groups (broad SMARTS) is 1. The molecule has 0 saturated heterocycles. The Labute approximate surface area is 82.5 Å². The summed E-state index contributed by atoms with van der Waals surface area (Å²) in [4.78, 5) is 32.5. The first-order chi connectivity index (χ1) is 7.02. The third kappa shape index (κ3) is 1.18. The zero-order valence-corrected chi connectivity index (χ0v) is 7.20. The number of carboxylic acids is 1. The molecule has 0 unspecified atom stereocenters. The van der Waals surface area contributed by atoms with Crippen LogP contribution in [0, 0.1) is 5.82 Å². The summed E-state index contributed by atoms with van der Waals surface area (Å²) in [5.74, 6) is -4.37. The molecule has 2 rings (SSSR count). The van der Waals surface area contributed by atoms with Crippen LogP contribution in [0.1, 0.15) is 20.7 Å². The molecular weight excluding hydrogens is 205 g/mol. The van der Waals surface area contributed by atoms with E-state index in [1.165, 1.54) is 0 Å². The van der Waals surface area contributed by atoms with Gasteiger partial charge in [-0.25, -0.2) is 9.18 Å². The van der Waals surface area contributed by atoms with Crippen molar-refractivity contribution in [2.45, 2.75) is 0 Å². The third-order valence-corrected chi connectivity index (χ3v) is 2.06. The molecular formula is C9H4FNO4. The minimum Gasteiger partial charge on any atom is -0.478 e. The number of carbonyl (C=O) groups excluding carboxylic acids is 2. The summed E-state index contributed by atoms with van der Waals surface area (Å²) in [5, 5.41) is 10.6. The minimum atomic E-state index is -1.45. The molecule has 0 radical (unpaired) electrons. The van der Waals surface area contributed by atoms with E-state index >= 15 is 0 Å². The number of rotatable bonds is 1. The summed E-state index contributed by atoms with van der Waals surface area (Å²) in [7, 11) is 0. The largest absolute Gasteiger partial charge is 0.478 e. The molecule has 5 nitrogen and oxygen atoms in total. The van der Waals surface area contributed by atoms with Gasteiger partial charge in [0.15, 0.2) is 5.82 Å². The maximum atomic E-state index is 13.4. The van der Waals surface area contributed by atoms with Crippen molar-refractivity contribution in [3.63, 3.8) is 0 Å². The Balaban J connectivity index is 2.67. The van der Waals surface area contributed by atoms with Gasteiger partial charge in [0.1, 0.15) is 0 Å². The van der Waals surface area contributed by atoms with Crippen molar-refractivity contribution in [1.82, 2.24) is 0 Å². The lowest BCUT2D eigenvalue weighted by Crippen LogP contribution is -2.12. The van der Waals surface area contributed by atoms with E-state index in [4.69, 9.17) is 5.11 Å². The van der Waals surface area contributed by atoms with E-state index in [9.17, 15) is 18.8 Å². The predicted octanol–water partition coefficient (Wildman–Crippen LogP) is 0.659. The highest BCUT2D eigenvalue weighted by molar-refractivity contribution is 6.51. The molecule has 0 aromatic heterocycles. The second-order valence-electron chi connectivity index (χ2n) is 2.94. The van der Waals surface area contributed by atoms with Crippen molar-refractivity contribution in [3.05, 3.63) is 29.1 Å². The molecule has 6 heteroatoms. The predicted molar refractivity (Wildman–Crippen MR) is 46.3 cm³/mol. The number of aromatic carboxylic acids is 1. The van der Waals surface area contributed by atoms with Gasteiger partial charge in [0, 0.05) is 0 Å². The van der Waals surface area contributed by atoms with Crippen LogP contribution < -0.4 is 5.32 Å². The molecule has 2 N–H and O–H groups in total. The van der Waals surface area contributed by atoms with Crippen LogP contribution in [-0.4, -0.2) is 22.8 Å². The van der Waals surface area contributed by atoms with Crippen LogP contribution in [0.25, 0.3) is 0 Å². The number of fused-ring (bicyclic) bond motifs is 1. The standard InChI is InChI=1S/C9H4FNO4/c10-5-3(9(14)15)1-2-4-6(5)11-8(13)7(4)12/h1-2H,(H,14,15)(H,11,12,13). The Morgan fingerprint density at radius 1 is 1.33 bits per heavy atom. The number of hydrogen-bond acceptors (Lipinski definition) is 3. The molecule has 1 aromatic rings. The lowest BCUT2D eigenvalue weighted by Gasteiger charge is -2.01. The topological polar surface area (TPSA) is 83.5 Å². The molecule has 0 fully saturated rings. The van der Waals surface area contributed by atoms with Gasteiger partial charge in [0.25, 0.3) is 11.7 Å². The average molecular weight is 209 g/mol. The molecule has 76 valence electrons. The summed E-state index contributed by atoms with van der Waals surface area (Å²) in [6.45, 7) is 0. The van der Waals surface area contributed by atoms with Crippen molar-refractivity contribution in [2.24, 2.45) is 0 Å². The first-order valence-corrected chi connectivity index (χ1v) is 3.94. The summed E-state index contributed by atoms with van der Waals surface area (Å²) in [6, 6.07) is 2.07. The number of nitrogens with one attached hydrogen (secondary N) is 1. The summed E-state index contributed by atoms with van der Waals surface area (Å²) in [5.41, 5.74) is -1.07. The van der Waals surface area contributed by atoms with Gasteiger partial charge >= 0.3 is 5.97 Å². The van der Waals surface area contributed by atoms with E-state index in [1.807, 2.05) is 5.32 Å². The van der Waals surface area contributed by atoms with E-state index in [0.29, 0.717) is 0 Å². The number of Topliss-reactive ketones (excluding diaryl/α,β-unsaturated/α-hetero) is 1. The Bertz CT molecular complexity index is 509. The van der Waals surface area contributed by atoms with Crippen molar-refractivity contribution in [3.8, 4) is 0 Å². The summed E-state index contributed by atoms with van der Waals surface area (Å²) >= 11 is 0. The van der Waals surface area contributed by atoms with Crippen LogP contribution in [0.15, 0.2) is 12.1 Å². The number of anilines is 1. The second-order valence-corrected chi connectivity index (χ2v) is 2.94. The molecule has 0 atom stereocenters. The Morgan fingerprint density at radius 3 is 2.60 bits per heavy atom. The van der Waals surface area contributed by atoms with E-state index in [-0.39, 0.29) is 11.3 Å². The number of hydrogen-bond donors (Lipinski definition) is 2. The normalized spacial score (nSPS) is 13.7. The molecule has 1 aliphatic rings. The maximum Gasteiger partial charge on any atom is 0.338 e. The Kier molecular flexibility index (Phi) is 1.79. The van der Waals surface area contributed by atoms with Gasteiger partial charge in [-0.15, -0.1) is 0 Å². The maximum absolute atomic E-state index is 13.4. The molecule has 15 heavy (non-hydrogen) atoms. The molecule has 0 spiro atoms. The molecule has 1 heterocycles. The van der Waals surface area contributed by atoms with Crippen molar-refractivity contribution >= 4 is 23.3 Å². The quantitative estimate of drug-likeness (QED) is 0.665. The first kappa shape index (κ1) is 9.32. The number of halogens is 1. The Hall–Kier alpha value is -2.24. The number of ketones is 1. The van der Waals surface area contributed by atoms with Gasteiger partial charge in [0.05, 0.1) is 16.8 Å². The smallest absolute Gasteiger partial charge is 0.338 e. The summed E-state index contributed by atoms with van der Waals surface area (Å²) in [6.07, 6.45) is 0. The van der Waals surface area contributed by atoms with Crippen LogP contribution in [0.4, 0.5) is 10.1 Å². The number of amides is 1. The fourth-order valence-corrected chi connectivity index (χ4v) is 1.35. The minimum absolute atomic E-state index is 0.137. The lowest BCUT2D eigenvalue weighted by molar-refractivity contribution is -0.112. The second kappa shape index (κ2) is 2.88. The highest BCUT2D eigenvalue weighted by Gasteiger charge is 2.32. The van der Waals surface area contributed by atoms with E-state index in [0.717, 1.165) is 12.1 Å². The van der Waals surface area contributed by atoms with Crippen LogP contribution in [0.2, 0.25) is 0 Å². The van der Waals surface area contributed by atoms with Gasteiger partial charge in [-0.1, -0.05) is 0 Å². The van der Waals surface area contributed by atoms with Gasteiger partial charge in [-0.3, -0.25) is 9.59 Å². The van der Waals surface area contributed by atoms with Gasteiger partial charge in [-0.2, -0.15) is 0 Å². The highest BCUT2D eigenvalue weighted by atomic mass is 19.1. The van der Waals surface area contributed by atoms with Gasteiger partial charge in [-0.05, 0) is 12.1 Å². The molecule has 1 aromatic carbocycles. The molecule has 1 aliphatic heterocycles. The van der Waals surface area contributed by atoms with Crippen LogP contribution >= 0.6 is 0 Å². The van der Waals surface area contributed by atoms with Crippen LogP contribution in [0.3, 0.4) is 0 Å². The SMILES string of the molecule is O=C1Nc2c(ccc(C(=O)O)c2F)C1=O. The lowest BCUT2D eigenvalue weighted by atomic mass is 10.1. The highest BCUT2D eigenvalue weighted by Crippen LogP contribution is 2.28. The average Bonchev–Trinajstić information content (AvgIpc) is 2.45. The molecule has 0 aliphatic carbocycles.